The summed E-state index contributed by atoms with van der Waals surface area (Å²) < 4.78 is 10.8. The molecule has 106 valence electrons. The molecule has 0 heterocycles. The number of esters is 1. The molecule has 1 fully saturated rings. The summed E-state index contributed by atoms with van der Waals surface area (Å²) in [6.07, 6.45) is 9.04. The fourth-order valence-electron chi connectivity index (χ4n) is 2.44. The minimum Gasteiger partial charge on any atom is -0.462 e. The van der Waals surface area contributed by atoms with Crippen molar-refractivity contribution in [3.63, 3.8) is 0 Å². The summed E-state index contributed by atoms with van der Waals surface area (Å²) in [4.78, 5) is 11.7. The quantitative estimate of drug-likeness (QED) is 0.536. The lowest BCUT2D eigenvalue weighted by molar-refractivity contribution is -0.152. The van der Waals surface area contributed by atoms with E-state index in [0.29, 0.717) is 6.42 Å². The first-order valence-electron chi connectivity index (χ1n) is 7.18. The summed E-state index contributed by atoms with van der Waals surface area (Å²) in [5, 5.41) is 0. The zero-order chi connectivity index (χ0) is 13.2. The molecule has 1 saturated carbocycles. The molecular weight excluding hydrogens is 230 g/mol. The Morgan fingerprint density at radius 2 is 1.89 bits per heavy atom. The van der Waals surface area contributed by atoms with Crippen LogP contribution in [0.25, 0.3) is 0 Å². The third kappa shape index (κ3) is 6.36. The Bertz CT molecular complexity index is 233. The second kappa shape index (κ2) is 9.34. The summed E-state index contributed by atoms with van der Waals surface area (Å²) in [5.41, 5.74) is 5.42. The number of methoxy groups -OCH3 is 1. The molecule has 18 heavy (non-hydrogen) atoms. The normalized spacial score (nSPS) is 23.9. The molecule has 2 atom stereocenters. The number of carbonyl (C=O) groups excluding carboxylic acids is 1. The summed E-state index contributed by atoms with van der Waals surface area (Å²) in [6, 6.07) is 0. The second-order valence-corrected chi connectivity index (χ2v) is 5.09. The van der Waals surface area contributed by atoms with Crippen LogP contribution in [0, 0.1) is 0 Å². The first kappa shape index (κ1) is 15.4. The van der Waals surface area contributed by atoms with E-state index in [9.17, 15) is 4.79 Å². The summed E-state index contributed by atoms with van der Waals surface area (Å²) >= 11 is 0. The maximum absolute atomic E-state index is 11.7. The minimum atomic E-state index is -0.0514. The van der Waals surface area contributed by atoms with Crippen LogP contribution in [-0.2, 0) is 14.3 Å². The van der Waals surface area contributed by atoms with Crippen LogP contribution in [0.15, 0.2) is 0 Å². The van der Waals surface area contributed by atoms with Crippen molar-refractivity contribution >= 4 is 5.97 Å². The maximum Gasteiger partial charge on any atom is 0.306 e. The molecular formula is C14H27NO3. The van der Waals surface area contributed by atoms with Crippen LogP contribution in [-0.4, -0.2) is 31.8 Å². The van der Waals surface area contributed by atoms with E-state index in [-0.39, 0.29) is 18.2 Å². The molecule has 4 heteroatoms. The zero-order valence-electron chi connectivity index (χ0n) is 11.5. The standard InChI is InChI=1S/C14H27NO3/c1-17-12-7-6-8-13(11-12)18-14(16)9-4-2-3-5-10-15/h12-13H,2-11,15H2,1H3. The van der Waals surface area contributed by atoms with Gasteiger partial charge in [-0.2, -0.15) is 0 Å². The highest BCUT2D eigenvalue weighted by molar-refractivity contribution is 5.69. The van der Waals surface area contributed by atoms with Gasteiger partial charge in [0.1, 0.15) is 6.10 Å². The van der Waals surface area contributed by atoms with Crippen LogP contribution in [0.5, 0.6) is 0 Å². The van der Waals surface area contributed by atoms with Gasteiger partial charge in [0.15, 0.2) is 0 Å². The van der Waals surface area contributed by atoms with Gasteiger partial charge in [0, 0.05) is 20.0 Å². The van der Waals surface area contributed by atoms with Gasteiger partial charge >= 0.3 is 5.97 Å². The van der Waals surface area contributed by atoms with E-state index in [1.807, 2.05) is 0 Å². The van der Waals surface area contributed by atoms with Crippen molar-refractivity contribution in [2.75, 3.05) is 13.7 Å². The van der Waals surface area contributed by atoms with E-state index >= 15 is 0 Å². The molecule has 4 nitrogen and oxygen atoms in total. The van der Waals surface area contributed by atoms with Crippen LogP contribution >= 0.6 is 0 Å². The van der Waals surface area contributed by atoms with Gasteiger partial charge < -0.3 is 15.2 Å². The lowest BCUT2D eigenvalue weighted by Gasteiger charge is -2.27. The van der Waals surface area contributed by atoms with Crippen molar-refractivity contribution < 1.29 is 14.3 Å². The molecule has 0 radical (unpaired) electrons. The smallest absolute Gasteiger partial charge is 0.306 e. The Kier molecular flexibility index (Phi) is 8.01. The van der Waals surface area contributed by atoms with Gasteiger partial charge in [0.05, 0.1) is 6.10 Å². The van der Waals surface area contributed by atoms with Crippen molar-refractivity contribution in [2.24, 2.45) is 5.73 Å². The van der Waals surface area contributed by atoms with Gasteiger partial charge in [0.25, 0.3) is 0 Å². The average molecular weight is 257 g/mol. The van der Waals surface area contributed by atoms with Crippen LogP contribution in [0.1, 0.15) is 57.8 Å². The minimum absolute atomic E-state index is 0.0514. The van der Waals surface area contributed by atoms with E-state index in [4.69, 9.17) is 15.2 Å². The number of ether oxygens (including phenoxy) is 2. The second-order valence-electron chi connectivity index (χ2n) is 5.09. The van der Waals surface area contributed by atoms with Gasteiger partial charge in [-0.25, -0.2) is 0 Å². The zero-order valence-corrected chi connectivity index (χ0v) is 11.5. The number of hydrogen-bond donors (Lipinski definition) is 1. The fourth-order valence-corrected chi connectivity index (χ4v) is 2.44. The topological polar surface area (TPSA) is 61.5 Å². The first-order valence-corrected chi connectivity index (χ1v) is 7.18. The molecule has 1 rings (SSSR count). The van der Waals surface area contributed by atoms with Crippen molar-refractivity contribution in [3.8, 4) is 0 Å². The Balaban J connectivity index is 2.08. The Morgan fingerprint density at radius 1 is 1.17 bits per heavy atom. The van der Waals surface area contributed by atoms with Gasteiger partial charge in [-0.15, -0.1) is 0 Å². The van der Waals surface area contributed by atoms with Gasteiger partial charge in [-0.05, 0) is 38.6 Å². The lowest BCUT2D eigenvalue weighted by Crippen LogP contribution is -2.29. The third-order valence-electron chi connectivity index (χ3n) is 3.54. The number of hydrogen-bond acceptors (Lipinski definition) is 4. The molecule has 0 aromatic carbocycles. The van der Waals surface area contributed by atoms with Gasteiger partial charge in [-0.3, -0.25) is 4.79 Å². The van der Waals surface area contributed by atoms with Crippen molar-refractivity contribution in [1.82, 2.24) is 0 Å². The molecule has 1 aliphatic rings. The van der Waals surface area contributed by atoms with E-state index in [0.717, 1.165) is 57.9 Å². The molecule has 2 N–H and O–H groups in total. The predicted octanol–water partition coefficient (Wildman–Crippen LogP) is 2.40. The average Bonchev–Trinajstić information content (AvgIpc) is 2.38. The molecule has 1 aliphatic carbocycles. The van der Waals surface area contributed by atoms with E-state index in [2.05, 4.69) is 0 Å². The Labute approximate surface area is 110 Å². The molecule has 0 saturated heterocycles. The maximum atomic E-state index is 11.7. The van der Waals surface area contributed by atoms with Crippen molar-refractivity contribution in [3.05, 3.63) is 0 Å². The van der Waals surface area contributed by atoms with Gasteiger partial charge in [0.2, 0.25) is 0 Å². The highest BCUT2D eigenvalue weighted by Crippen LogP contribution is 2.23. The van der Waals surface area contributed by atoms with Crippen molar-refractivity contribution in [1.29, 1.82) is 0 Å². The van der Waals surface area contributed by atoms with Gasteiger partial charge in [-0.1, -0.05) is 12.8 Å². The molecule has 0 aromatic rings. The summed E-state index contributed by atoms with van der Waals surface area (Å²) in [6.45, 7) is 0.741. The molecule has 0 aromatic heterocycles. The predicted molar refractivity (Wildman–Crippen MR) is 71.3 cm³/mol. The Hall–Kier alpha value is -0.610. The lowest BCUT2D eigenvalue weighted by atomic mass is 9.95. The molecule has 0 bridgehead atoms. The van der Waals surface area contributed by atoms with Crippen LogP contribution < -0.4 is 5.73 Å². The number of nitrogens with two attached hydrogens (primary N) is 1. The summed E-state index contributed by atoms with van der Waals surface area (Å²) in [5.74, 6) is -0.0514. The largest absolute Gasteiger partial charge is 0.462 e. The van der Waals surface area contributed by atoms with Crippen LogP contribution in [0.2, 0.25) is 0 Å². The monoisotopic (exact) mass is 257 g/mol. The number of rotatable bonds is 8. The Morgan fingerprint density at radius 3 is 2.61 bits per heavy atom. The number of carbonyl (C=O) groups is 1. The fraction of sp³-hybridized carbons (Fsp3) is 0.929. The third-order valence-corrected chi connectivity index (χ3v) is 3.54. The molecule has 0 spiro atoms. The molecule has 0 aliphatic heterocycles. The molecule has 2 unspecified atom stereocenters. The first-order chi connectivity index (χ1) is 8.76. The summed E-state index contributed by atoms with van der Waals surface area (Å²) in [7, 11) is 1.73. The van der Waals surface area contributed by atoms with E-state index in [1.54, 1.807) is 7.11 Å². The van der Waals surface area contributed by atoms with Crippen LogP contribution in [0.3, 0.4) is 0 Å². The van der Waals surface area contributed by atoms with E-state index in [1.165, 1.54) is 0 Å². The van der Waals surface area contributed by atoms with Crippen LogP contribution in [0.4, 0.5) is 0 Å². The van der Waals surface area contributed by atoms with Crippen molar-refractivity contribution in [2.45, 2.75) is 70.0 Å². The molecule has 0 amide bonds. The highest BCUT2D eigenvalue weighted by Gasteiger charge is 2.24. The number of unbranched alkanes of at least 4 members (excludes halogenated alkanes) is 3. The highest BCUT2D eigenvalue weighted by atomic mass is 16.5. The SMILES string of the molecule is COC1CCCC(OC(=O)CCCCCCN)C1. The van der Waals surface area contributed by atoms with E-state index < -0.39 is 0 Å².